The van der Waals surface area contributed by atoms with Crippen LogP contribution in [-0.2, 0) is 4.74 Å². The van der Waals surface area contributed by atoms with Crippen LogP contribution in [0.1, 0.15) is 52.9 Å². The first-order valence-corrected chi connectivity index (χ1v) is 8.76. The summed E-state index contributed by atoms with van der Waals surface area (Å²) in [6, 6.07) is 0.668. The Balaban J connectivity index is 1.85. The van der Waals surface area contributed by atoms with E-state index in [4.69, 9.17) is 4.74 Å². The number of hydrogen-bond acceptors (Lipinski definition) is 3. The Morgan fingerprint density at radius 3 is 2.70 bits per heavy atom. The Labute approximate surface area is 125 Å². The van der Waals surface area contributed by atoms with E-state index >= 15 is 0 Å². The van der Waals surface area contributed by atoms with Crippen LogP contribution in [0.4, 0.5) is 0 Å². The van der Waals surface area contributed by atoms with Crippen molar-refractivity contribution in [2.24, 2.45) is 11.3 Å². The molecule has 0 amide bonds. The van der Waals surface area contributed by atoms with E-state index in [1.807, 2.05) is 0 Å². The van der Waals surface area contributed by atoms with Gasteiger partial charge in [0.2, 0.25) is 0 Å². The van der Waals surface area contributed by atoms with Crippen molar-refractivity contribution in [3.05, 3.63) is 0 Å². The minimum absolute atomic E-state index is 0.599. The molecule has 0 saturated carbocycles. The van der Waals surface area contributed by atoms with Crippen LogP contribution in [0, 0.1) is 11.3 Å². The van der Waals surface area contributed by atoms with Crippen molar-refractivity contribution in [3.63, 3.8) is 0 Å². The summed E-state index contributed by atoms with van der Waals surface area (Å²) in [6.07, 6.45) is 6.46. The highest BCUT2D eigenvalue weighted by atomic mass is 16.5. The molecule has 2 aliphatic rings. The van der Waals surface area contributed by atoms with Crippen molar-refractivity contribution in [2.75, 3.05) is 39.4 Å². The van der Waals surface area contributed by atoms with E-state index in [0.717, 1.165) is 19.8 Å². The maximum absolute atomic E-state index is 5.74. The summed E-state index contributed by atoms with van der Waals surface area (Å²) >= 11 is 0. The van der Waals surface area contributed by atoms with Gasteiger partial charge in [-0.25, -0.2) is 0 Å². The van der Waals surface area contributed by atoms with Gasteiger partial charge >= 0.3 is 0 Å². The molecule has 2 rings (SSSR count). The summed E-state index contributed by atoms with van der Waals surface area (Å²) in [5, 5.41) is 3.74. The van der Waals surface area contributed by atoms with Crippen LogP contribution < -0.4 is 5.32 Å². The predicted octanol–water partition coefficient (Wildman–Crippen LogP) is 2.90. The van der Waals surface area contributed by atoms with Crippen LogP contribution in [0.25, 0.3) is 0 Å². The van der Waals surface area contributed by atoms with E-state index in [-0.39, 0.29) is 0 Å². The van der Waals surface area contributed by atoms with Crippen molar-refractivity contribution in [1.82, 2.24) is 10.2 Å². The minimum atomic E-state index is 0.599. The van der Waals surface area contributed by atoms with E-state index in [1.54, 1.807) is 0 Å². The third-order valence-electron chi connectivity index (χ3n) is 5.64. The van der Waals surface area contributed by atoms with E-state index in [0.29, 0.717) is 17.4 Å². The molecule has 3 nitrogen and oxygen atoms in total. The van der Waals surface area contributed by atoms with E-state index < -0.39 is 0 Å². The number of rotatable bonds is 7. The maximum Gasteiger partial charge on any atom is 0.0521 e. The molecule has 2 saturated heterocycles. The van der Waals surface area contributed by atoms with Gasteiger partial charge in [-0.15, -0.1) is 0 Å². The minimum Gasteiger partial charge on any atom is -0.381 e. The molecule has 0 radical (unpaired) electrons. The average molecular weight is 282 g/mol. The third kappa shape index (κ3) is 3.96. The summed E-state index contributed by atoms with van der Waals surface area (Å²) in [5.41, 5.74) is 0.599. The Morgan fingerprint density at radius 2 is 2.05 bits per heavy atom. The van der Waals surface area contributed by atoms with Crippen LogP contribution in [0.5, 0.6) is 0 Å². The second-order valence-corrected chi connectivity index (χ2v) is 6.88. The van der Waals surface area contributed by atoms with E-state index in [9.17, 15) is 0 Å². The smallest absolute Gasteiger partial charge is 0.0521 e. The Hall–Kier alpha value is -0.120. The molecule has 0 aromatic heterocycles. The van der Waals surface area contributed by atoms with Gasteiger partial charge < -0.3 is 15.0 Å². The molecule has 0 bridgehead atoms. The molecule has 118 valence electrons. The first kappa shape index (κ1) is 16.3. The normalized spacial score (nSPS) is 30.8. The highest BCUT2D eigenvalue weighted by Gasteiger charge is 2.37. The van der Waals surface area contributed by atoms with Crippen LogP contribution in [-0.4, -0.2) is 50.3 Å². The first-order chi connectivity index (χ1) is 9.73. The predicted molar refractivity (Wildman–Crippen MR) is 85.1 cm³/mol. The summed E-state index contributed by atoms with van der Waals surface area (Å²) in [7, 11) is 0. The Kier molecular flexibility index (Phi) is 6.31. The lowest BCUT2D eigenvalue weighted by Crippen LogP contribution is -2.47. The number of nitrogens with zero attached hydrogens (tertiary/aromatic N) is 1. The van der Waals surface area contributed by atoms with Gasteiger partial charge in [0.15, 0.2) is 0 Å². The molecule has 3 heteroatoms. The lowest BCUT2D eigenvalue weighted by molar-refractivity contribution is 0.0180. The fourth-order valence-corrected chi connectivity index (χ4v) is 3.92. The molecule has 2 fully saturated rings. The zero-order chi connectivity index (χ0) is 14.4. The average Bonchev–Trinajstić information content (AvgIpc) is 2.90. The Morgan fingerprint density at radius 1 is 1.25 bits per heavy atom. The molecule has 0 aliphatic carbocycles. The largest absolute Gasteiger partial charge is 0.381 e. The zero-order valence-corrected chi connectivity index (χ0v) is 13.8. The molecule has 2 atom stereocenters. The molecule has 0 aromatic carbocycles. The van der Waals surface area contributed by atoms with E-state index in [1.165, 1.54) is 51.7 Å². The second kappa shape index (κ2) is 7.77. The summed E-state index contributed by atoms with van der Waals surface area (Å²) < 4.78 is 5.74. The first-order valence-electron chi connectivity index (χ1n) is 8.76. The van der Waals surface area contributed by atoms with Crippen molar-refractivity contribution >= 4 is 0 Å². The quantitative estimate of drug-likeness (QED) is 0.777. The fraction of sp³-hybridized carbons (Fsp3) is 1.00. The van der Waals surface area contributed by atoms with Gasteiger partial charge in [-0.2, -0.15) is 0 Å². The van der Waals surface area contributed by atoms with Crippen LogP contribution >= 0.6 is 0 Å². The van der Waals surface area contributed by atoms with Crippen LogP contribution in [0.15, 0.2) is 0 Å². The molecule has 0 aromatic rings. The molecule has 2 unspecified atom stereocenters. The zero-order valence-electron chi connectivity index (χ0n) is 13.8. The number of hydrogen-bond donors (Lipinski definition) is 1. The highest BCUT2D eigenvalue weighted by Crippen LogP contribution is 2.37. The topological polar surface area (TPSA) is 24.5 Å². The SMILES string of the molecule is CCCNC1CCOCC1CN1CCC(CC)(CC)C1. The molecule has 0 spiro atoms. The summed E-state index contributed by atoms with van der Waals surface area (Å²) in [6.45, 7) is 13.8. The van der Waals surface area contributed by atoms with Crippen molar-refractivity contribution in [3.8, 4) is 0 Å². The lowest BCUT2D eigenvalue weighted by Gasteiger charge is -2.35. The number of ether oxygens (including phenoxy) is 1. The van der Waals surface area contributed by atoms with Gasteiger partial charge in [0.1, 0.15) is 0 Å². The second-order valence-electron chi connectivity index (χ2n) is 6.88. The van der Waals surface area contributed by atoms with Crippen LogP contribution in [0.3, 0.4) is 0 Å². The van der Waals surface area contributed by atoms with Crippen molar-refractivity contribution in [1.29, 1.82) is 0 Å². The third-order valence-corrected chi connectivity index (χ3v) is 5.64. The van der Waals surface area contributed by atoms with Gasteiger partial charge in [0.05, 0.1) is 6.61 Å². The molecular formula is C17H34N2O. The Bertz CT molecular complexity index is 278. The fourth-order valence-electron chi connectivity index (χ4n) is 3.92. The van der Waals surface area contributed by atoms with Gasteiger partial charge in [-0.1, -0.05) is 20.8 Å². The summed E-state index contributed by atoms with van der Waals surface area (Å²) in [5.74, 6) is 0.680. The van der Waals surface area contributed by atoms with Gasteiger partial charge in [-0.3, -0.25) is 0 Å². The van der Waals surface area contributed by atoms with Gasteiger partial charge in [-0.05, 0) is 50.6 Å². The van der Waals surface area contributed by atoms with Gasteiger partial charge in [0.25, 0.3) is 0 Å². The lowest BCUT2D eigenvalue weighted by atomic mass is 9.82. The molecular weight excluding hydrogens is 248 g/mol. The molecule has 1 N–H and O–H groups in total. The molecule has 2 heterocycles. The van der Waals surface area contributed by atoms with Crippen LogP contribution in [0.2, 0.25) is 0 Å². The molecule has 2 aliphatic heterocycles. The highest BCUT2D eigenvalue weighted by molar-refractivity contribution is 4.90. The summed E-state index contributed by atoms with van der Waals surface area (Å²) in [4.78, 5) is 2.70. The number of nitrogens with one attached hydrogen (secondary N) is 1. The van der Waals surface area contributed by atoms with Crippen molar-refractivity contribution in [2.45, 2.75) is 58.9 Å². The maximum atomic E-state index is 5.74. The van der Waals surface area contributed by atoms with E-state index in [2.05, 4.69) is 31.0 Å². The number of likely N-dealkylation sites (tertiary alicyclic amines) is 1. The monoisotopic (exact) mass is 282 g/mol. The van der Waals surface area contributed by atoms with Gasteiger partial charge in [0, 0.05) is 31.7 Å². The standard InChI is InChI=1S/C17H34N2O/c1-4-9-18-16-7-11-20-13-15(16)12-19-10-8-17(5-2,6-3)14-19/h15-16,18H,4-14H2,1-3H3. The van der Waals surface area contributed by atoms with Crippen molar-refractivity contribution < 1.29 is 4.74 Å². The molecule has 20 heavy (non-hydrogen) atoms.